The van der Waals surface area contributed by atoms with Gasteiger partial charge in [0.1, 0.15) is 0 Å². The number of esters is 1. The van der Waals surface area contributed by atoms with Crippen LogP contribution in [-0.4, -0.2) is 24.1 Å². The molecule has 1 aromatic carbocycles. The van der Waals surface area contributed by atoms with Gasteiger partial charge in [0.05, 0.1) is 13.0 Å². The number of halogens is 1. The van der Waals surface area contributed by atoms with E-state index < -0.39 is 24.0 Å². The average molecular weight is 269 g/mol. The minimum absolute atomic E-state index is 0.106. The van der Waals surface area contributed by atoms with Crippen LogP contribution in [-0.2, 0) is 14.3 Å². The Labute approximate surface area is 110 Å². The summed E-state index contributed by atoms with van der Waals surface area (Å²) in [4.78, 5) is 34.2. The quantitative estimate of drug-likeness (QED) is 0.356. The van der Waals surface area contributed by atoms with Crippen LogP contribution in [0.3, 0.4) is 0 Å². The Morgan fingerprint density at radius 3 is 2.50 bits per heavy atom. The molecule has 0 unspecified atom stereocenters. The van der Waals surface area contributed by atoms with Crippen molar-refractivity contribution in [3.05, 3.63) is 34.3 Å². The summed E-state index contributed by atoms with van der Waals surface area (Å²) in [5.74, 6) is -2.28. The number of carbonyl (C=O) groups excluding carboxylic acids is 3. The first-order valence-corrected chi connectivity index (χ1v) is 5.82. The molecule has 0 bridgehead atoms. The number of hydrogen-bond acceptors (Lipinski definition) is 4. The van der Waals surface area contributed by atoms with Crippen molar-refractivity contribution in [2.75, 3.05) is 6.61 Å². The summed E-state index contributed by atoms with van der Waals surface area (Å²) in [7, 11) is 0. The van der Waals surface area contributed by atoms with Crippen LogP contribution < -0.4 is 0 Å². The Balaban J connectivity index is 2.73. The van der Waals surface area contributed by atoms with E-state index >= 15 is 0 Å². The molecular weight excluding hydrogens is 256 g/mol. The lowest BCUT2D eigenvalue weighted by Crippen LogP contribution is -2.20. The molecular formula is C13H13ClO4. The lowest BCUT2D eigenvalue weighted by atomic mass is 10.0. The van der Waals surface area contributed by atoms with Gasteiger partial charge in [-0.15, -0.1) is 0 Å². The Morgan fingerprint density at radius 1 is 1.28 bits per heavy atom. The molecule has 0 aromatic heterocycles. The highest BCUT2D eigenvalue weighted by Crippen LogP contribution is 2.17. The SMILES string of the molecule is CCOC(=O)C(=O)CC(=O)c1ccc(C)c(Cl)c1. The maximum atomic E-state index is 11.7. The van der Waals surface area contributed by atoms with Gasteiger partial charge >= 0.3 is 5.97 Å². The lowest BCUT2D eigenvalue weighted by Gasteiger charge is -2.03. The van der Waals surface area contributed by atoms with E-state index in [-0.39, 0.29) is 6.61 Å². The van der Waals surface area contributed by atoms with E-state index in [1.807, 2.05) is 0 Å². The van der Waals surface area contributed by atoms with E-state index in [9.17, 15) is 14.4 Å². The highest BCUT2D eigenvalue weighted by Gasteiger charge is 2.20. The van der Waals surface area contributed by atoms with Crippen molar-refractivity contribution >= 4 is 29.1 Å². The van der Waals surface area contributed by atoms with Gasteiger partial charge < -0.3 is 4.74 Å². The Hall–Kier alpha value is -1.68. The summed E-state index contributed by atoms with van der Waals surface area (Å²) in [6.45, 7) is 3.50. The van der Waals surface area contributed by atoms with Gasteiger partial charge in [0, 0.05) is 10.6 Å². The minimum Gasteiger partial charge on any atom is -0.460 e. The van der Waals surface area contributed by atoms with Gasteiger partial charge in [0.25, 0.3) is 0 Å². The molecule has 0 fully saturated rings. The van der Waals surface area contributed by atoms with Gasteiger partial charge in [-0.25, -0.2) is 4.79 Å². The molecule has 0 aliphatic rings. The molecule has 0 aliphatic carbocycles. The highest BCUT2D eigenvalue weighted by atomic mass is 35.5. The van der Waals surface area contributed by atoms with E-state index in [0.29, 0.717) is 10.6 Å². The average Bonchev–Trinajstić information content (AvgIpc) is 2.32. The molecule has 1 rings (SSSR count). The van der Waals surface area contributed by atoms with Crippen molar-refractivity contribution in [3.63, 3.8) is 0 Å². The van der Waals surface area contributed by atoms with Crippen LogP contribution in [0, 0.1) is 6.92 Å². The van der Waals surface area contributed by atoms with Gasteiger partial charge in [-0.2, -0.15) is 0 Å². The first kappa shape index (κ1) is 14.4. The molecule has 96 valence electrons. The molecule has 4 nitrogen and oxygen atoms in total. The topological polar surface area (TPSA) is 60.4 Å². The van der Waals surface area contributed by atoms with Gasteiger partial charge in [0.15, 0.2) is 5.78 Å². The molecule has 0 saturated carbocycles. The van der Waals surface area contributed by atoms with Crippen LogP contribution in [0.1, 0.15) is 29.3 Å². The predicted octanol–water partition coefficient (Wildman–Crippen LogP) is 2.35. The second-order valence-corrected chi connectivity index (χ2v) is 4.11. The third kappa shape index (κ3) is 3.67. The van der Waals surface area contributed by atoms with Crippen molar-refractivity contribution in [2.45, 2.75) is 20.3 Å². The second-order valence-electron chi connectivity index (χ2n) is 3.71. The van der Waals surface area contributed by atoms with Crippen LogP contribution in [0.5, 0.6) is 0 Å². The maximum Gasteiger partial charge on any atom is 0.375 e. The van der Waals surface area contributed by atoms with Crippen LogP contribution in [0.2, 0.25) is 5.02 Å². The van der Waals surface area contributed by atoms with Gasteiger partial charge in [0.2, 0.25) is 5.78 Å². The fourth-order valence-corrected chi connectivity index (χ4v) is 1.48. The van der Waals surface area contributed by atoms with Crippen molar-refractivity contribution in [1.29, 1.82) is 0 Å². The summed E-state index contributed by atoms with van der Waals surface area (Å²) in [5.41, 5.74) is 1.15. The minimum atomic E-state index is -0.982. The van der Waals surface area contributed by atoms with Crippen LogP contribution in [0.4, 0.5) is 0 Å². The fraction of sp³-hybridized carbons (Fsp3) is 0.308. The second kappa shape index (κ2) is 6.31. The maximum absolute atomic E-state index is 11.7. The van der Waals surface area contributed by atoms with Crippen molar-refractivity contribution < 1.29 is 19.1 Å². The molecule has 0 saturated heterocycles. The largest absolute Gasteiger partial charge is 0.460 e. The normalized spacial score (nSPS) is 9.94. The van der Waals surface area contributed by atoms with Crippen molar-refractivity contribution in [2.24, 2.45) is 0 Å². The molecule has 0 atom stereocenters. The van der Waals surface area contributed by atoms with E-state index in [4.69, 9.17) is 11.6 Å². The summed E-state index contributed by atoms with van der Waals surface area (Å²) >= 11 is 5.88. The first-order valence-electron chi connectivity index (χ1n) is 5.45. The molecule has 0 aliphatic heterocycles. The van der Waals surface area contributed by atoms with Crippen molar-refractivity contribution in [3.8, 4) is 0 Å². The summed E-state index contributed by atoms with van der Waals surface area (Å²) < 4.78 is 4.52. The monoisotopic (exact) mass is 268 g/mol. The summed E-state index contributed by atoms with van der Waals surface area (Å²) in [6, 6.07) is 4.74. The standard InChI is InChI=1S/C13H13ClO4/c1-3-18-13(17)12(16)7-11(15)9-5-4-8(2)10(14)6-9/h4-6H,3,7H2,1-2H3. The van der Waals surface area contributed by atoms with E-state index in [1.165, 1.54) is 6.07 Å². The smallest absolute Gasteiger partial charge is 0.375 e. The van der Waals surface area contributed by atoms with Gasteiger partial charge in [-0.3, -0.25) is 9.59 Å². The van der Waals surface area contributed by atoms with Gasteiger partial charge in [-0.1, -0.05) is 23.7 Å². The molecule has 0 spiro atoms. The molecule has 18 heavy (non-hydrogen) atoms. The zero-order chi connectivity index (χ0) is 13.7. The molecule has 0 heterocycles. The van der Waals surface area contributed by atoms with E-state index in [1.54, 1.807) is 26.0 Å². The number of aryl methyl sites for hydroxylation is 1. The summed E-state index contributed by atoms with van der Waals surface area (Å²) in [6.07, 6.45) is -0.502. The third-order valence-electron chi connectivity index (χ3n) is 2.32. The Kier molecular flexibility index (Phi) is 5.04. The Bertz CT molecular complexity index is 494. The molecule has 0 radical (unpaired) electrons. The number of benzene rings is 1. The summed E-state index contributed by atoms with van der Waals surface area (Å²) in [5, 5.41) is 0.449. The molecule has 1 aromatic rings. The number of ketones is 2. The highest BCUT2D eigenvalue weighted by molar-refractivity contribution is 6.38. The van der Waals surface area contributed by atoms with E-state index in [2.05, 4.69) is 4.74 Å². The van der Waals surface area contributed by atoms with Crippen LogP contribution in [0.15, 0.2) is 18.2 Å². The van der Waals surface area contributed by atoms with Crippen molar-refractivity contribution in [1.82, 2.24) is 0 Å². The molecule has 0 amide bonds. The van der Waals surface area contributed by atoms with Crippen LogP contribution >= 0.6 is 11.6 Å². The lowest BCUT2D eigenvalue weighted by molar-refractivity contribution is -0.153. The number of hydrogen-bond donors (Lipinski definition) is 0. The third-order valence-corrected chi connectivity index (χ3v) is 2.73. The van der Waals surface area contributed by atoms with E-state index in [0.717, 1.165) is 5.56 Å². The van der Waals surface area contributed by atoms with Gasteiger partial charge in [-0.05, 0) is 25.5 Å². The number of rotatable bonds is 5. The fourth-order valence-electron chi connectivity index (χ4n) is 1.30. The number of Topliss-reactive ketones (excluding diaryl/α,β-unsaturated/α-hetero) is 2. The zero-order valence-electron chi connectivity index (χ0n) is 10.2. The predicted molar refractivity (Wildman–Crippen MR) is 66.8 cm³/mol. The number of carbonyl (C=O) groups is 3. The molecule has 5 heteroatoms. The first-order chi connectivity index (χ1) is 8.45. The van der Waals surface area contributed by atoms with Crippen LogP contribution in [0.25, 0.3) is 0 Å². The number of ether oxygens (including phenoxy) is 1. The molecule has 0 N–H and O–H groups in total. The Morgan fingerprint density at radius 2 is 1.94 bits per heavy atom. The zero-order valence-corrected chi connectivity index (χ0v) is 10.9.